The zero-order valence-corrected chi connectivity index (χ0v) is 12.6. The second kappa shape index (κ2) is 4.90. The second-order valence-electron chi connectivity index (χ2n) is 5.46. The lowest BCUT2D eigenvalue weighted by atomic mass is 9.74. The predicted molar refractivity (Wildman–Crippen MR) is 76.5 cm³/mol. The monoisotopic (exact) mass is 314 g/mol. The molecule has 0 aliphatic rings. The molecule has 100 valence electrons. The lowest BCUT2D eigenvalue weighted by Gasteiger charge is -2.36. The van der Waals surface area contributed by atoms with Gasteiger partial charge in [0, 0.05) is 10.0 Å². The van der Waals surface area contributed by atoms with Crippen molar-refractivity contribution < 1.29 is 9.90 Å². The molecule has 0 aromatic heterocycles. The Labute approximate surface area is 116 Å². The molecule has 0 atom stereocenters. The van der Waals surface area contributed by atoms with Crippen LogP contribution in [0.5, 0.6) is 5.75 Å². The SMILES string of the molecule is CC(C)(N)C(C)(C)C(=O)Nc1cc(Br)ccc1O. The minimum atomic E-state index is -0.762. The van der Waals surface area contributed by atoms with E-state index in [-0.39, 0.29) is 11.7 Å². The molecular formula is C13H19BrN2O2. The summed E-state index contributed by atoms with van der Waals surface area (Å²) in [5, 5.41) is 12.4. The van der Waals surface area contributed by atoms with E-state index in [0.29, 0.717) is 5.69 Å². The van der Waals surface area contributed by atoms with Crippen molar-refractivity contribution in [2.24, 2.45) is 11.1 Å². The Balaban J connectivity index is 2.98. The Morgan fingerprint density at radius 1 is 1.33 bits per heavy atom. The Kier molecular flexibility index (Phi) is 4.08. The summed E-state index contributed by atoms with van der Waals surface area (Å²) in [6.45, 7) is 7.15. The predicted octanol–water partition coefficient (Wildman–Crippen LogP) is 2.86. The molecule has 0 spiro atoms. The average Bonchev–Trinajstić information content (AvgIpc) is 2.21. The number of carbonyl (C=O) groups is 1. The highest BCUT2D eigenvalue weighted by molar-refractivity contribution is 9.10. The minimum absolute atomic E-state index is 0.0252. The molecule has 5 heteroatoms. The van der Waals surface area contributed by atoms with Gasteiger partial charge in [0.1, 0.15) is 5.75 Å². The summed E-state index contributed by atoms with van der Waals surface area (Å²) in [6, 6.07) is 4.86. The van der Waals surface area contributed by atoms with Crippen LogP contribution in [-0.2, 0) is 4.79 Å². The van der Waals surface area contributed by atoms with Crippen LogP contribution in [0, 0.1) is 5.41 Å². The van der Waals surface area contributed by atoms with Gasteiger partial charge in [0.05, 0.1) is 11.1 Å². The first-order valence-electron chi connectivity index (χ1n) is 5.64. The highest BCUT2D eigenvalue weighted by atomic mass is 79.9. The average molecular weight is 315 g/mol. The molecule has 1 aromatic carbocycles. The number of hydrogen-bond donors (Lipinski definition) is 3. The fourth-order valence-corrected chi connectivity index (χ4v) is 1.54. The third kappa shape index (κ3) is 3.03. The van der Waals surface area contributed by atoms with Gasteiger partial charge in [0.25, 0.3) is 0 Å². The van der Waals surface area contributed by atoms with Crippen LogP contribution < -0.4 is 11.1 Å². The fourth-order valence-electron chi connectivity index (χ4n) is 1.18. The van der Waals surface area contributed by atoms with Gasteiger partial charge in [-0.15, -0.1) is 0 Å². The van der Waals surface area contributed by atoms with Crippen molar-refractivity contribution in [2.45, 2.75) is 33.2 Å². The van der Waals surface area contributed by atoms with Gasteiger partial charge in [-0.3, -0.25) is 4.79 Å². The van der Waals surface area contributed by atoms with Crippen molar-refractivity contribution in [3.8, 4) is 5.75 Å². The van der Waals surface area contributed by atoms with E-state index in [2.05, 4.69) is 21.2 Å². The third-order valence-corrected chi connectivity index (χ3v) is 3.88. The summed E-state index contributed by atoms with van der Waals surface area (Å²) in [5.74, 6) is -0.208. The van der Waals surface area contributed by atoms with E-state index < -0.39 is 11.0 Å². The zero-order chi connectivity index (χ0) is 14.1. The van der Waals surface area contributed by atoms with Gasteiger partial charge in [-0.05, 0) is 45.9 Å². The van der Waals surface area contributed by atoms with Gasteiger partial charge in [0.15, 0.2) is 0 Å². The van der Waals surface area contributed by atoms with Crippen molar-refractivity contribution >= 4 is 27.5 Å². The molecule has 0 bridgehead atoms. The Hall–Kier alpha value is -1.07. The first kappa shape index (κ1) is 15.0. The number of amides is 1. The van der Waals surface area contributed by atoms with E-state index in [1.807, 2.05) is 0 Å². The molecule has 0 saturated carbocycles. The molecule has 1 aromatic rings. The molecule has 0 saturated heterocycles. The van der Waals surface area contributed by atoms with E-state index in [4.69, 9.17) is 5.73 Å². The molecule has 0 heterocycles. The molecule has 0 aliphatic carbocycles. The molecule has 18 heavy (non-hydrogen) atoms. The summed E-state index contributed by atoms with van der Waals surface area (Å²) >= 11 is 3.29. The van der Waals surface area contributed by atoms with Crippen LogP contribution in [-0.4, -0.2) is 16.6 Å². The molecular weight excluding hydrogens is 296 g/mol. The van der Waals surface area contributed by atoms with Crippen LogP contribution in [0.15, 0.2) is 22.7 Å². The molecule has 1 amide bonds. The summed E-state index contributed by atoms with van der Waals surface area (Å²) in [5.41, 5.74) is 4.94. The van der Waals surface area contributed by atoms with Gasteiger partial charge in [0.2, 0.25) is 5.91 Å². The lowest BCUT2D eigenvalue weighted by molar-refractivity contribution is -0.126. The van der Waals surface area contributed by atoms with E-state index in [1.54, 1.807) is 39.8 Å². The van der Waals surface area contributed by atoms with E-state index in [0.717, 1.165) is 4.47 Å². The number of halogens is 1. The number of hydrogen-bond acceptors (Lipinski definition) is 3. The molecule has 0 fully saturated rings. The molecule has 0 aliphatic heterocycles. The highest BCUT2D eigenvalue weighted by Gasteiger charge is 2.40. The molecule has 4 N–H and O–H groups in total. The van der Waals surface area contributed by atoms with Gasteiger partial charge >= 0.3 is 0 Å². The number of rotatable bonds is 3. The van der Waals surface area contributed by atoms with Crippen LogP contribution in [0.1, 0.15) is 27.7 Å². The third-order valence-electron chi connectivity index (χ3n) is 3.39. The van der Waals surface area contributed by atoms with E-state index in [9.17, 15) is 9.90 Å². The van der Waals surface area contributed by atoms with Gasteiger partial charge in [-0.2, -0.15) is 0 Å². The van der Waals surface area contributed by atoms with Crippen LogP contribution in [0.25, 0.3) is 0 Å². The second-order valence-corrected chi connectivity index (χ2v) is 6.38. The number of phenols is 1. The first-order valence-corrected chi connectivity index (χ1v) is 6.44. The zero-order valence-electron chi connectivity index (χ0n) is 11.0. The highest BCUT2D eigenvalue weighted by Crippen LogP contribution is 2.32. The van der Waals surface area contributed by atoms with Crippen molar-refractivity contribution in [1.82, 2.24) is 0 Å². The Morgan fingerprint density at radius 3 is 2.39 bits per heavy atom. The van der Waals surface area contributed by atoms with Crippen molar-refractivity contribution in [1.29, 1.82) is 0 Å². The number of anilines is 1. The van der Waals surface area contributed by atoms with Crippen molar-refractivity contribution in [3.05, 3.63) is 22.7 Å². The normalized spacial score (nSPS) is 12.3. The molecule has 4 nitrogen and oxygen atoms in total. The topological polar surface area (TPSA) is 75.4 Å². The van der Waals surface area contributed by atoms with Crippen LogP contribution in [0.2, 0.25) is 0 Å². The quantitative estimate of drug-likeness (QED) is 0.751. The summed E-state index contributed by atoms with van der Waals surface area (Å²) < 4.78 is 0.778. The number of nitrogens with two attached hydrogens (primary N) is 1. The van der Waals surface area contributed by atoms with Crippen LogP contribution in [0.4, 0.5) is 5.69 Å². The molecule has 0 unspecified atom stereocenters. The fraction of sp³-hybridized carbons (Fsp3) is 0.462. The molecule has 0 radical (unpaired) electrons. The number of phenolic OH excluding ortho intramolecular Hbond substituents is 1. The number of carbonyl (C=O) groups excluding carboxylic acids is 1. The largest absolute Gasteiger partial charge is 0.506 e. The van der Waals surface area contributed by atoms with Gasteiger partial charge in [-0.25, -0.2) is 0 Å². The summed E-state index contributed by atoms with van der Waals surface area (Å²) in [7, 11) is 0. The smallest absolute Gasteiger partial charge is 0.231 e. The minimum Gasteiger partial charge on any atom is -0.506 e. The van der Waals surface area contributed by atoms with Crippen molar-refractivity contribution in [2.75, 3.05) is 5.32 Å². The van der Waals surface area contributed by atoms with Gasteiger partial charge in [-0.1, -0.05) is 15.9 Å². The maximum absolute atomic E-state index is 12.2. The maximum atomic E-state index is 12.2. The van der Waals surface area contributed by atoms with Crippen LogP contribution in [0.3, 0.4) is 0 Å². The number of benzene rings is 1. The Bertz CT molecular complexity index is 465. The maximum Gasteiger partial charge on any atom is 0.231 e. The first-order chi connectivity index (χ1) is 8.05. The van der Waals surface area contributed by atoms with Crippen molar-refractivity contribution in [3.63, 3.8) is 0 Å². The number of aromatic hydroxyl groups is 1. The standard InChI is InChI=1S/C13H19BrN2O2/c1-12(2,13(3,4)15)11(18)16-9-7-8(14)5-6-10(9)17/h5-7,17H,15H2,1-4H3,(H,16,18). The van der Waals surface area contributed by atoms with E-state index >= 15 is 0 Å². The van der Waals surface area contributed by atoms with E-state index in [1.165, 1.54) is 6.07 Å². The summed E-state index contributed by atoms with van der Waals surface area (Å²) in [6.07, 6.45) is 0. The lowest BCUT2D eigenvalue weighted by Crippen LogP contribution is -2.53. The molecule has 1 rings (SSSR count). The number of nitrogens with one attached hydrogen (secondary N) is 1. The Morgan fingerprint density at radius 2 is 1.89 bits per heavy atom. The summed E-state index contributed by atoms with van der Waals surface area (Å²) in [4.78, 5) is 12.2. The van der Waals surface area contributed by atoms with Gasteiger partial charge < -0.3 is 16.2 Å². The van der Waals surface area contributed by atoms with Crippen LogP contribution >= 0.6 is 15.9 Å².